The number of nitrogens with one attached hydrogen (secondary N) is 2. The summed E-state index contributed by atoms with van der Waals surface area (Å²) in [5.74, 6) is 0. The molecule has 1 aliphatic heterocycles. The SMILES string of the molecule is CNO[C@H]1NC(C)[C@@H](O)C(O)C1O. The van der Waals surface area contributed by atoms with E-state index in [-0.39, 0.29) is 6.04 Å². The average Bonchev–Trinajstić information content (AvgIpc) is 2.11. The molecule has 6 nitrogen and oxygen atoms in total. The first-order valence-electron chi connectivity index (χ1n) is 4.20. The summed E-state index contributed by atoms with van der Waals surface area (Å²) in [4.78, 5) is 4.90. The van der Waals surface area contributed by atoms with E-state index in [1.54, 1.807) is 14.0 Å². The molecule has 0 aromatic carbocycles. The Morgan fingerprint density at radius 1 is 1.15 bits per heavy atom. The van der Waals surface area contributed by atoms with Gasteiger partial charge in [0.05, 0.1) is 6.10 Å². The molecular weight excluding hydrogens is 176 g/mol. The maximum atomic E-state index is 9.42. The summed E-state index contributed by atoms with van der Waals surface area (Å²) in [7, 11) is 1.55. The molecule has 3 unspecified atom stereocenters. The van der Waals surface area contributed by atoms with E-state index in [1.807, 2.05) is 0 Å². The van der Waals surface area contributed by atoms with E-state index < -0.39 is 24.5 Å². The van der Waals surface area contributed by atoms with Crippen molar-refractivity contribution in [2.75, 3.05) is 7.05 Å². The highest BCUT2D eigenvalue weighted by Gasteiger charge is 2.41. The van der Waals surface area contributed by atoms with Gasteiger partial charge >= 0.3 is 0 Å². The minimum Gasteiger partial charge on any atom is -0.389 e. The molecule has 6 heteroatoms. The number of aliphatic hydroxyl groups excluding tert-OH is 3. The number of hydrogen-bond donors (Lipinski definition) is 5. The molecule has 0 bridgehead atoms. The minimum atomic E-state index is -1.19. The highest BCUT2D eigenvalue weighted by molar-refractivity contribution is 4.92. The topological polar surface area (TPSA) is 94.0 Å². The Morgan fingerprint density at radius 2 is 1.77 bits per heavy atom. The van der Waals surface area contributed by atoms with Crippen LogP contribution in [0.1, 0.15) is 6.92 Å². The zero-order chi connectivity index (χ0) is 10.0. The highest BCUT2D eigenvalue weighted by Crippen LogP contribution is 2.15. The molecule has 13 heavy (non-hydrogen) atoms. The monoisotopic (exact) mass is 192 g/mol. The predicted octanol–water partition coefficient (Wildman–Crippen LogP) is -2.46. The molecule has 1 saturated heterocycles. The summed E-state index contributed by atoms with van der Waals surface area (Å²) in [6, 6.07) is -0.322. The largest absolute Gasteiger partial charge is 0.389 e. The second-order valence-electron chi connectivity index (χ2n) is 3.17. The smallest absolute Gasteiger partial charge is 0.158 e. The Hall–Kier alpha value is -0.240. The number of rotatable bonds is 2. The van der Waals surface area contributed by atoms with Crippen LogP contribution < -0.4 is 10.8 Å². The third-order valence-electron chi connectivity index (χ3n) is 2.19. The lowest BCUT2D eigenvalue weighted by atomic mass is 9.96. The molecule has 1 rings (SSSR count). The van der Waals surface area contributed by atoms with Crippen LogP contribution in [0.2, 0.25) is 0 Å². The van der Waals surface area contributed by atoms with Crippen LogP contribution in [0.4, 0.5) is 0 Å². The fourth-order valence-electron chi connectivity index (χ4n) is 1.36. The first-order chi connectivity index (χ1) is 6.07. The third kappa shape index (κ3) is 2.16. The molecule has 5 atom stereocenters. The Labute approximate surface area is 76.5 Å². The van der Waals surface area contributed by atoms with Crippen LogP contribution in [0.5, 0.6) is 0 Å². The van der Waals surface area contributed by atoms with Crippen LogP contribution in [0.15, 0.2) is 0 Å². The van der Waals surface area contributed by atoms with Gasteiger partial charge in [0.1, 0.15) is 12.2 Å². The fraction of sp³-hybridized carbons (Fsp3) is 1.00. The van der Waals surface area contributed by atoms with E-state index in [0.717, 1.165) is 0 Å². The summed E-state index contributed by atoms with van der Waals surface area (Å²) in [6.45, 7) is 1.70. The lowest BCUT2D eigenvalue weighted by Gasteiger charge is -2.39. The zero-order valence-corrected chi connectivity index (χ0v) is 7.64. The van der Waals surface area contributed by atoms with Crippen LogP contribution in [0.3, 0.4) is 0 Å². The van der Waals surface area contributed by atoms with E-state index >= 15 is 0 Å². The fourth-order valence-corrected chi connectivity index (χ4v) is 1.36. The van der Waals surface area contributed by atoms with Crippen molar-refractivity contribution >= 4 is 0 Å². The van der Waals surface area contributed by atoms with Crippen LogP contribution >= 0.6 is 0 Å². The van der Waals surface area contributed by atoms with Gasteiger partial charge in [-0.05, 0) is 6.92 Å². The van der Waals surface area contributed by atoms with Gasteiger partial charge < -0.3 is 15.3 Å². The van der Waals surface area contributed by atoms with Gasteiger partial charge in [0.25, 0.3) is 0 Å². The third-order valence-corrected chi connectivity index (χ3v) is 2.19. The maximum Gasteiger partial charge on any atom is 0.158 e. The standard InChI is InChI=1S/C7H16N2O4/c1-3-4(10)5(11)6(12)7(9-3)13-8-2/h3-12H,1-2H3/t3?,4-,5?,6?,7-/m1/s1. The number of piperidine rings is 1. The number of hydrogen-bond acceptors (Lipinski definition) is 6. The molecule has 0 amide bonds. The van der Waals surface area contributed by atoms with E-state index in [1.165, 1.54) is 0 Å². The summed E-state index contributed by atoms with van der Waals surface area (Å²) >= 11 is 0. The summed E-state index contributed by atoms with van der Waals surface area (Å²) in [5.41, 5.74) is 2.41. The second kappa shape index (κ2) is 4.32. The van der Waals surface area contributed by atoms with Crippen molar-refractivity contribution in [2.24, 2.45) is 0 Å². The average molecular weight is 192 g/mol. The van der Waals surface area contributed by atoms with Crippen LogP contribution in [0, 0.1) is 0 Å². The summed E-state index contributed by atoms with van der Waals surface area (Å²) < 4.78 is 0. The second-order valence-corrected chi connectivity index (χ2v) is 3.17. The van der Waals surface area contributed by atoms with Crippen molar-refractivity contribution in [3.8, 4) is 0 Å². The van der Waals surface area contributed by atoms with Crippen LogP contribution in [0.25, 0.3) is 0 Å². The normalized spacial score (nSPS) is 46.4. The molecule has 0 saturated carbocycles. The van der Waals surface area contributed by atoms with E-state index in [2.05, 4.69) is 10.8 Å². The molecular formula is C7H16N2O4. The van der Waals surface area contributed by atoms with Gasteiger partial charge in [0.15, 0.2) is 6.23 Å². The van der Waals surface area contributed by atoms with Gasteiger partial charge in [0, 0.05) is 13.1 Å². The van der Waals surface area contributed by atoms with E-state index in [0.29, 0.717) is 0 Å². The molecule has 5 N–H and O–H groups in total. The van der Waals surface area contributed by atoms with Gasteiger partial charge in [-0.3, -0.25) is 10.2 Å². The Balaban J connectivity index is 2.59. The van der Waals surface area contributed by atoms with Crippen molar-refractivity contribution in [1.82, 2.24) is 10.8 Å². The van der Waals surface area contributed by atoms with Crippen molar-refractivity contribution in [3.05, 3.63) is 0 Å². The van der Waals surface area contributed by atoms with Gasteiger partial charge in [-0.2, -0.15) is 0 Å². The number of aliphatic hydroxyl groups is 3. The molecule has 1 fully saturated rings. The highest BCUT2D eigenvalue weighted by atomic mass is 16.7. The van der Waals surface area contributed by atoms with Crippen LogP contribution in [-0.2, 0) is 4.84 Å². The number of hydroxylamine groups is 1. The Morgan fingerprint density at radius 3 is 2.31 bits per heavy atom. The quantitative estimate of drug-likeness (QED) is 0.311. The molecule has 0 aromatic heterocycles. The molecule has 78 valence electrons. The lowest BCUT2D eigenvalue weighted by Crippen LogP contribution is -2.65. The van der Waals surface area contributed by atoms with E-state index in [4.69, 9.17) is 4.84 Å². The molecule has 1 aliphatic rings. The minimum absolute atomic E-state index is 0.322. The first kappa shape index (κ1) is 10.8. The van der Waals surface area contributed by atoms with Crippen molar-refractivity contribution in [1.29, 1.82) is 0 Å². The molecule has 0 spiro atoms. The van der Waals surface area contributed by atoms with Gasteiger partial charge in [-0.1, -0.05) is 0 Å². The first-order valence-corrected chi connectivity index (χ1v) is 4.20. The Kier molecular flexibility index (Phi) is 3.60. The van der Waals surface area contributed by atoms with Gasteiger partial charge in [-0.25, -0.2) is 5.48 Å². The summed E-state index contributed by atoms with van der Waals surface area (Å²) in [6.07, 6.45) is -4.02. The van der Waals surface area contributed by atoms with Gasteiger partial charge in [-0.15, -0.1) is 0 Å². The van der Waals surface area contributed by atoms with Crippen molar-refractivity contribution in [3.63, 3.8) is 0 Å². The maximum absolute atomic E-state index is 9.42. The molecule has 0 aromatic rings. The molecule has 0 aliphatic carbocycles. The van der Waals surface area contributed by atoms with E-state index in [9.17, 15) is 15.3 Å². The van der Waals surface area contributed by atoms with Crippen molar-refractivity contribution in [2.45, 2.75) is 37.5 Å². The molecule has 1 heterocycles. The predicted molar refractivity (Wildman–Crippen MR) is 44.6 cm³/mol. The zero-order valence-electron chi connectivity index (χ0n) is 7.64. The van der Waals surface area contributed by atoms with Gasteiger partial charge in [0.2, 0.25) is 0 Å². The summed E-state index contributed by atoms with van der Waals surface area (Å²) in [5, 5.41) is 30.9. The van der Waals surface area contributed by atoms with Crippen LogP contribution in [-0.4, -0.2) is 52.9 Å². The Bertz CT molecular complexity index is 169. The lowest BCUT2D eigenvalue weighted by molar-refractivity contribution is -0.188. The van der Waals surface area contributed by atoms with Crippen molar-refractivity contribution < 1.29 is 20.2 Å². The molecule has 0 radical (unpaired) electrons.